The zero-order valence-corrected chi connectivity index (χ0v) is 12.5. The molecule has 1 aliphatic rings. The van der Waals surface area contributed by atoms with Gasteiger partial charge < -0.3 is 4.74 Å². The molecule has 0 bridgehead atoms. The summed E-state index contributed by atoms with van der Waals surface area (Å²) in [4.78, 5) is 23.6. The van der Waals surface area contributed by atoms with E-state index in [2.05, 4.69) is 6.92 Å². The Hall–Kier alpha value is -0.860. The number of hydrogen-bond donors (Lipinski definition) is 0. The lowest BCUT2D eigenvalue weighted by atomic mass is 9.92. The molecule has 0 aromatic rings. The molecule has 2 atom stereocenters. The first kappa shape index (κ1) is 16.2. The molecule has 0 aromatic carbocycles. The number of ketones is 1. The fourth-order valence-corrected chi connectivity index (χ4v) is 2.70. The van der Waals surface area contributed by atoms with Crippen molar-refractivity contribution in [3.8, 4) is 0 Å². The maximum absolute atomic E-state index is 11.9. The Morgan fingerprint density at radius 3 is 2.21 bits per heavy atom. The largest absolute Gasteiger partial charge is 0.462 e. The van der Waals surface area contributed by atoms with Crippen molar-refractivity contribution in [1.82, 2.24) is 0 Å². The second kappa shape index (κ2) is 9.11. The number of esters is 1. The number of Topliss-reactive ketones (excluding diaryl/α,β-unsaturated/α-hetero) is 1. The first-order chi connectivity index (χ1) is 9.13. The quantitative estimate of drug-likeness (QED) is 0.674. The van der Waals surface area contributed by atoms with Gasteiger partial charge in [0.1, 0.15) is 11.9 Å². The van der Waals surface area contributed by atoms with Gasteiger partial charge >= 0.3 is 5.97 Å². The molecule has 19 heavy (non-hydrogen) atoms. The summed E-state index contributed by atoms with van der Waals surface area (Å²) in [6, 6.07) is 0. The fourth-order valence-electron chi connectivity index (χ4n) is 2.70. The van der Waals surface area contributed by atoms with E-state index in [0.717, 1.165) is 38.5 Å². The maximum atomic E-state index is 11.9. The molecule has 0 aliphatic carbocycles. The van der Waals surface area contributed by atoms with E-state index in [4.69, 9.17) is 4.74 Å². The van der Waals surface area contributed by atoms with Crippen molar-refractivity contribution in [2.24, 2.45) is 5.92 Å². The molecule has 3 nitrogen and oxygen atoms in total. The number of carbonyl (C=O) groups excluding carboxylic acids is 2. The molecule has 1 heterocycles. The molecule has 1 saturated heterocycles. The molecule has 0 saturated carbocycles. The smallest absolute Gasteiger partial charge is 0.306 e. The van der Waals surface area contributed by atoms with Crippen LogP contribution >= 0.6 is 0 Å². The Bertz CT molecular complexity index is 286. The monoisotopic (exact) mass is 268 g/mol. The highest BCUT2D eigenvalue weighted by molar-refractivity contribution is 5.78. The highest BCUT2D eigenvalue weighted by Gasteiger charge is 2.22. The van der Waals surface area contributed by atoms with Gasteiger partial charge in [-0.3, -0.25) is 9.59 Å². The molecule has 1 rings (SSSR count). The molecular formula is C16H28O3. The predicted octanol–water partition coefficient (Wildman–Crippen LogP) is 4.04. The molecule has 1 aliphatic heterocycles. The highest BCUT2D eigenvalue weighted by atomic mass is 16.5. The Balaban J connectivity index is 2.54. The SMILES string of the molecule is CC[C@@H]1CC(=O)CCCCCCCCC(=O)O[C@H]1C. The maximum Gasteiger partial charge on any atom is 0.306 e. The van der Waals surface area contributed by atoms with Crippen molar-refractivity contribution in [2.75, 3.05) is 0 Å². The van der Waals surface area contributed by atoms with Gasteiger partial charge in [-0.25, -0.2) is 0 Å². The van der Waals surface area contributed by atoms with Gasteiger partial charge in [-0.05, 0) is 26.2 Å². The standard InChI is InChI=1S/C16H28O3/c1-3-14-12-15(17)10-8-6-4-5-7-9-11-16(18)19-13(14)2/h13-14H,3-12H2,1-2H3/t13-,14+/m0/s1. The minimum Gasteiger partial charge on any atom is -0.462 e. The number of carbonyl (C=O) groups is 2. The molecule has 0 amide bonds. The molecule has 1 fully saturated rings. The topological polar surface area (TPSA) is 43.4 Å². The van der Waals surface area contributed by atoms with Crippen molar-refractivity contribution in [1.29, 1.82) is 0 Å². The van der Waals surface area contributed by atoms with Gasteiger partial charge in [-0.15, -0.1) is 0 Å². The Morgan fingerprint density at radius 1 is 1.00 bits per heavy atom. The normalized spacial score (nSPS) is 28.5. The number of rotatable bonds is 1. The van der Waals surface area contributed by atoms with Crippen LogP contribution in [0.5, 0.6) is 0 Å². The van der Waals surface area contributed by atoms with Crippen molar-refractivity contribution in [3.05, 3.63) is 0 Å². The fraction of sp³-hybridized carbons (Fsp3) is 0.875. The molecule has 0 spiro atoms. The van der Waals surface area contributed by atoms with Crippen molar-refractivity contribution in [3.63, 3.8) is 0 Å². The summed E-state index contributed by atoms with van der Waals surface area (Å²) in [6.07, 6.45) is 9.05. The summed E-state index contributed by atoms with van der Waals surface area (Å²) in [6.45, 7) is 3.98. The van der Waals surface area contributed by atoms with E-state index in [1.54, 1.807) is 0 Å². The zero-order valence-electron chi connectivity index (χ0n) is 12.5. The average molecular weight is 268 g/mol. The lowest BCUT2D eigenvalue weighted by Gasteiger charge is -2.22. The third-order valence-corrected chi connectivity index (χ3v) is 4.08. The molecular weight excluding hydrogens is 240 g/mol. The van der Waals surface area contributed by atoms with Crippen LogP contribution in [-0.4, -0.2) is 17.9 Å². The van der Waals surface area contributed by atoms with E-state index in [1.165, 1.54) is 6.42 Å². The number of hydrogen-bond acceptors (Lipinski definition) is 3. The number of cyclic esters (lactones) is 1. The Kier molecular flexibility index (Phi) is 7.76. The second-order valence-corrected chi connectivity index (χ2v) is 5.73. The summed E-state index contributed by atoms with van der Waals surface area (Å²) in [7, 11) is 0. The van der Waals surface area contributed by atoms with Gasteiger partial charge in [0.05, 0.1) is 0 Å². The van der Waals surface area contributed by atoms with E-state index >= 15 is 0 Å². The van der Waals surface area contributed by atoms with Crippen molar-refractivity contribution < 1.29 is 14.3 Å². The summed E-state index contributed by atoms with van der Waals surface area (Å²) in [5.74, 6) is 0.404. The van der Waals surface area contributed by atoms with Crippen LogP contribution in [0.4, 0.5) is 0 Å². The molecule has 3 heteroatoms. The summed E-state index contributed by atoms with van der Waals surface area (Å²) < 4.78 is 5.46. The van der Waals surface area contributed by atoms with Gasteiger partial charge in [0.25, 0.3) is 0 Å². The molecule has 0 radical (unpaired) electrons. The van der Waals surface area contributed by atoms with E-state index in [-0.39, 0.29) is 18.0 Å². The van der Waals surface area contributed by atoms with Crippen LogP contribution in [-0.2, 0) is 14.3 Å². The van der Waals surface area contributed by atoms with Gasteiger partial charge in [-0.2, -0.15) is 0 Å². The highest BCUT2D eigenvalue weighted by Crippen LogP contribution is 2.20. The Morgan fingerprint density at radius 2 is 1.58 bits per heavy atom. The van der Waals surface area contributed by atoms with Gasteiger partial charge in [0.15, 0.2) is 0 Å². The van der Waals surface area contributed by atoms with Crippen LogP contribution in [0.15, 0.2) is 0 Å². The van der Waals surface area contributed by atoms with E-state index < -0.39 is 0 Å². The van der Waals surface area contributed by atoms with Gasteiger partial charge in [0.2, 0.25) is 0 Å². The van der Waals surface area contributed by atoms with E-state index in [1.807, 2.05) is 6.92 Å². The summed E-state index contributed by atoms with van der Waals surface area (Å²) >= 11 is 0. The minimum absolute atomic E-state index is 0.101. The molecule has 0 unspecified atom stereocenters. The number of ether oxygens (including phenoxy) is 1. The first-order valence-corrected chi connectivity index (χ1v) is 7.84. The van der Waals surface area contributed by atoms with Crippen molar-refractivity contribution >= 4 is 11.8 Å². The third-order valence-electron chi connectivity index (χ3n) is 4.08. The predicted molar refractivity (Wildman–Crippen MR) is 75.9 cm³/mol. The van der Waals surface area contributed by atoms with Gasteiger partial charge in [-0.1, -0.05) is 32.6 Å². The van der Waals surface area contributed by atoms with E-state index in [9.17, 15) is 9.59 Å². The van der Waals surface area contributed by atoms with E-state index in [0.29, 0.717) is 25.0 Å². The summed E-state index contributed by atoms with van der Waals surface area (Å²) in [5, 5.41) is 0. The van der Waals surface area contributed by atoms with Crippen LogP contribution < -0.4 is 0 Å². The molecule has 110 valence electrons. The van der Waals surface area contributed by atoms with Gasteiger partial charge in [0, 0.05) is 25.2 Å². The van der Waals surface area contributed by atoms with Crippen LogP contribution in [0.2, 0.25) is 0 Å². The van der Waals surface area contributed by atoms with Crippen LogP contribution in [0, 0.1) is 5.92 Å². The lowest BCUT2D eigenvalue weighted by Crippen LogP contribution is -2.26. The Labute approximate surface area is 117 Å². The molecule has 0 N–H and O–H groups in total. The summed E-state index contributed by atoms with van der Waals surface area (Å²) in [5.41, 5.74) is 0. The third kappa shape index (κ3) is 6.74. The van der Waals surface area contributed by atoms with Crippen LogP contribution in [0.25, 0.3) is 0 Å². The van der Waals surface area contributed by atoms with Crippen molar-refractivity contribution in [2.45, 2.75) is 84.2 Å². The minimum atomic E-state index is -0.135. The molecule has 0 aromatic heterocycles. The van der Waals surface area contributed by atoms with Crippen LogP contribution in [0.3, 0.4) is 0 Å². The van der Waals surface area contributed by atoms with Crippen LogP contribution in [0.1, 0.15) is 78.1 Å². The average Bonchev–Trinajstić information content (AvgIpc) is 2.38. The zero-order chi connectivity index (χ0) is 14.1. The first-order valence-electron chi connectivity index (χ1n) is 7.84. The lowest BCUT2D eigenvalue weighted by molar-refractivity contribution is -0.152. The second-order valence-electron chi connectivity index (χ2n) is 5.73.